The molecule has 2 heterocycles. The minimum Gasteiger partial charge on any atom is -0.490 e. The van der Waals surface area contributed by atoms with Crippen LogP contribution < -0.4 is 15.4 Å². The van der Waals surface area contributed by atoms with Crippen molar-refractivity contribution in [2.24, 2.45) is 4.99 Å². The largest absolute Gasteiger partial charge is 0.490 e. The number of nitrogens with one attached hydrogen (secondary N) is 2. The maximum atomic E-state index is 5.60. The zero-order chi connectivity index (χ0) is 17.0. The smallest absolute Gasteiger partial charge is 0.191 e. The number of aromatic nitrogens is 4. The molecule has 2 rings (SSSR count). The van der Waals surface area contributed by atoms with Crippen LogP contribution in [0.4, 0.5) is 0 Å². The molecule has 0 unspecified atom stereocenters. The summed E-state index contributed by atoms with van der Waals surface area (Å²) in [6.45, 7) is 7.54. The third-order valence-corrected chi connectivity index (χ3v) is 3.26. The molecule has 2 aromatic heterocycles. The first-order chi connectivity index (χ1) is 11.8. The average molecular weight is 331 g/mol. The second-order valence-corrected chi connectivity index (χ2v) is 5.02. The Balaban J connectivity index is 1.74. The Bertz CT molecular complexity index is 612. The standard InChI is InChI=1S/C16H25N7O/c1-3-15-22-21-13-23(15)10-8-19-16(18-4-2)20-9-11-24-14-6-5-7-17-12-14/h5-7,12-13H,3-4,8-11H2,1-2H3,(H2,18,19,20). The van der Waals surface area contributed by atoms with Gasteiger partial charge in [-0.15, -0.1) is 10.2 Å². The van der Waals surface area contributed by atoms with Crippen LogP contribution in [0.1, 0.15) is 19.7 Å². The SMILES string of the molecule is CCNC(=NCCn1cnnc1CC)NCCOc1cccnc1. The minimum absolute atomic E-state index is 0.543. The van der Waals surface area contributed by atoms with Crippen LogP contribution in [0.25, 0.3) is 0 Å². The monoisotopic (exact) mass is 331 g/mol. The highest BCUT2D eigenvalue weighted by Gasteiger charge is 2.01. The Kier molecular flexibility index (Phi) is 7.52. The van der Waals surface area contributed by atoms with Gasteiger partial charge in [0, 0.05) is 25.7 Å². The van der Waals surface area contributed by atoms with E-state index in [0.717, 1.165) is 37.0 Å². The van der Waals surface area contributed by atoms with E-state index in [4.69, 9.17) is 4.74 Å². The predicted octanol–water partition coefficient (Wildman–Crippen LogP) is 0.870. The topological polar surface area (TPSA) is 89.2 Å². The van der Waals surface area contributed by atoms with E-state index in [1.54, 1.807) is 18.7 Å². The lowest BCUT2D eigenvalue weighted by Gasteiger charge is -2.12. The van der Waals surface area contributed by atoms with Crippen LogP contribution in [0.3, 0.4) is 0 Å². The third kappa shape index (κ3) is 5.86. The van der Waals surface area contributed by atoms with Crippen LogP contribution in [0.5, 0.6) is 5.75 Å². The molecular weight excluding hydrogens is 306 g/mol. The summed E-state index contributed by atoms with van der Waals surface area (Å²) in [7, 11) is 0. The van der Waals surface area contributed by atoms with Crippen molar-refractivity contribution >= 4 is 5.96 Å². The predicted molar refractivity (Wildman–Crippen MR) is 93.1 cm³/mol. The summed E-state index contributed by atoms with van der Waals surface area (Å²) in [5, 5.41) is 14.5. The molecule has 8 heteroatoms. The normalized spacial score (nSPS) is 11.3. The number of guanidine groups is 1. The van der Waals surface area contributed by atoms with Crippen LogP contribution in [-0.2, 0) is 13.0 Å². The van der Waals surface area contributed by atoms with E-state index in [1.807, 2.05) is 23.6 Å². The first kappa shape index (κ1) is 17.7. The first-order valence-corrected chi connectivity index (χ1v) is 8.25. The first-order valence-electron chi connectivity index (χ1n) is 8.25. The lowest BCUT2D eigenvalue weighted by Crippen LogP contribution is -2.39. The molecule has 8 nitrogen and oxygen atoms in total. The zero-order valence-electron chi connectivity index (χ0n) is 14.3. The molecule has 2 N–H and O–H groups in total. The van der Waals surface area contributed by atoms with Crippen molar-refractivity contribution in [1.82, 2.24) is 30.4 Å². The van der Waals surface area contributed by atoms with Gasteiger partial charge in [-0.1, -0.05) is 6.92 Å². The molecule has 0 amide bonds. The maximum Gasteiger partial charge on any atom is 0.191 e. The van der Waals surface area contributed by atoms with Gasteiger partial charge in [-0.05, 0) is 19.1 Å². The van der Waals surface area contributed by atoms with E-state index < -0.39 is 0 Å². The Morgan fingerprint density at radius 2 is 2.25 bits per heavy atom. The summed E-state index contributed by atoms with van der Waals surface area (Å²) in [5.74, 6) is 2.52. The summed E-state index contributed by atoms with van der Waals surface area (Å²) in [6.07, 6.45) is 6.04. The highest BCUT2D eigenvalue weighted by molar-refractivity contribution is 5.79. The molecule has 0 aliphatic carbocycles. The Morgan fingerprint density at radius 1 is 1.33 bits per heavy atom. The Morgan fingerprint density at radius 3 is 3.00 bits per heavy atom. The van der Waals surface area contributed by atoms with Gasteiger partial charge in [-0.25, -0.2) is 0 Å². The summed E-state index contributed by atoms with van der Waals surface area (Å²) in [4.78, 5) is 8.57. The van der Waals surface area contributed by atoms with Gasteiger partial charge in [-0.3, -0.25) is 9.98 Å². The van der Waals surface area contributed by atoms with Crippen LogP contribution >= 0.6 is 0 Å². The summed E-state index contributed by atoms with van der Waals surface area (Å²) >= 11 is 0. The van der Waals surface area contributed by atoms with Gasteiger partial charge in [0.15, 0.2) is 5.96 Å². The molecule has 0 radical (unpaired) electrons. The maximum absolute atomic E-state index is 5.60. The van der Waals surface area contributed by atoms with E-state index in [9.17, 15) is 0 Å². The number of pyridine rings is 1. The number of nitrogens with zero attached hydrogens (tertiary/aromatic N) is 5. The minimum atomic E-state index is 0.543. The Hall–Kier alpha value is -2.64. The van der Waals surface area contributed by atoms with Crippen molar-refractivity contribution in [2.45, 2.75) is 26.8 Å². The van der Waals surface area contributed by atoms with Crippen molar-refractivity contribution in [1.29, 1.82) is 0 Å². The van der Waals surface area contributed by atoms with Gasteiger partial charge < -0.3 is 19.9 Å². The zero-order valence-corrected chi connectivity index (χ0v) is 14.3. The number of rotatable bonds is 9. The molecule has 0 aliphatic rings. The van der Waals surface area contributed by atoms with Gasteiger partial charge in [0.25, 0.3) is 0 Å². The van der Waals surface area contributed by atoms with Crippen molar-refractivity contribution in [3.63, 3.8) is 0 Å². The second-order valence-electron chi connectivity index (χ2n) is 5.02. The molecule has 0 atom stereocenters. The Labute approximate surface area is 142 Å². The molecule has 0 saturated carbocycles. The molecule has 24 heavy (non-hydrogen) atoms. The molecule has 130 valence electrons. The van der Waals surface area contributed by atoms with Crippen LogP contribution in [0.15, 0.2) is 35.8 Å². The fourth-order valence-electron chi connectivity index (χ4n) is 2.12. The molecule has 2 aromatic rings. The summed E-state index contributed by atoms with van der Waals surface area (Å²) < 4.78 is 7.63. The van der Waals surface area contributed by atoms with Gasteiger partial charge in [-0.2, -0.15) is 0 Å². The van der Waals surface area contributed by atoms with E-state index in [0.29, 0.717) is 19.7 Å². The molecule has 0 bridgehead atoms. The quantitative estimate of drug-likeness (QED) is 0.403. The van der Waals surface area contributed by atoms with Gasteiger partial charge in [0.05, 0.1) is 19.3 Å². The summed E-state index contributed by atoms with van der Waals surface area (Å²) in [5.41, 5.74) is 0. The van der Waals surface area contributed by atoms with E-state index in [-0.39, 0.29) is 0 Å². The third-order valence-electron chi connectivity index (χ3n) is 3.26. The van der Waals surface area contributed by atoms with E-state index >= 15 is 0 Å². The molecule has 0 aromatic carbocycles. The highest BCUT2D eigenvalue weighted by atomic mass is 16.5. The fourth-order valence-corrected chi connectivity index (χ4v) is 2.12. The number of aryl methyl sites for hydroxylation is 1. The highest BCUT2D eigenvalue weighted by Crippen LogP contribution is 2.04. The number of aliphatic imine (C=N–C) groups is 1. The number of hydrogen-bond donors (Lipinski definition) is 2. The van der Waals surface area contributed by atoms with Crippen molar-refractivity contribution in [3.8, 4) is 5.75 Å². The van der Waals surface area contributed by atoms with Crippen LogP contribution in [-0.4, -0.2) is 51.9 Å². The molecule has 0 fully saturated rings. The van der Waals surface area contributed by atoms with E-state index in [1.165, 1.54) is 0 Å². The van der Waals surface area contributed by atoms with Gasteiger partial charge >= 0.3 is 0 Å². The molecule has 0 saturated heterocycles. The van der Waals surface area contributed by atoms with Crippen molar-refractivity contribution < 1.29 is 4.74 Å². The number of hydrogen-bond acceptors (Lipinski definition) is 5. The summed E-state index contributed by atoms with van der Waals surface area (Å²) in [6, 6.07) is 3.74. The lowest BCUT2D eigenvalue weighted by atomic mass is 10.4. The van der Waals surface area contributed by atoms with E-state index in [2.05, 4.69) is 37.7 Å². The van der Waals surface area contributed by atoms with Gasteiger partial charge in [0.1, 0.15) is 24.5 Å². The van der Waals surface area contributed by atoms with Gasteiger partial charge in [0.2, 0.25) is 0 Å². The molecule has 0 spiro atoms. The average Bonchev–Trinajstić information content (AvgIpc) is 3.07. The van der Waals surface area contributed by atoms with Crippen molar-refractivity contribution in [3.05, 3.63) is 36.7 Å². The fraction of sp³-hybridized carbons (Fsp3) is 0.500. The molecule has 0 aliphatic heterocycles. The number of ether oxygens (including phenoxy) is 1. The van der Waals surface area contributed by atoms with Crippen LogP contribution in [0.2, 0.25) is 0 Å². The van der Waals surface area contributed by atoms with Crippen LogP contribution in [0, 0.1) is 0 Å². The molecular formula is C16H25N7O. The second kappa shape index (κ2) is 10.2. The van der Waals surface area contributed by atoms with Crippen molar-refractivity contribution in [2.75, 3.05) is 26.2 Å². The lowest BCUT2D eigenvalue weighted by molar-refractivity contribution is 0.320.